The van der Waals surface area contributed by atoms with E-state index < -0.39 is 24.4 Å². The fourth-order valence-electron chi connectivity index (χ4n) is 0.754. The van der Waals surface area contributed by atoms with Gasteiger partial charge >= 0.3 is 0 Å². The molecule has 0 aromatic rings. The molecule has 0 heterocycles. The zero-order valence-electron chi connectivity index (χ0n) is 6.81. The quantitative estimate of drug-likeness (QED) is 0.423. The lowest BCUT2D eigenvalue weighted by atomic mass is 10.0. The van der Waals surface area contributed by atoms with Gasteiger partial charge in [-0.2, -0.15) is 0 Å². The van der Waals surface area contributed by atoms with Crippen molar-refractivity contribution in [2.45, 2.75) is 44.7 Å². The number of hydrogen-bond acceptors (Lipinski definition) is 4. The summed E-state index contributed by atoms with van der Waals surface area (Å²) in [5.74, 6) is 0. The second kappa shape index (κ2) is 4.66. The summed E-state index contributed by atoms with van der Waals surface area (Å²) in [7, 11) is 0. The molecule has 0 spiro atoms. The average Bonchev–Trinajstić information content (AvgIpc) is 2.00. The van der Waals surface area contributed by atoms with E-state index in [-0.39, 0.29) is 0 Å². The van der Waals surface area contributed by atoms with Gasteiger partial charge in [0, 0.05) is 0 Å². The molecule has 0 aromatic carbocycles. The first-order chi connectivity index (χ1) is 5.00. The molecule has 0 bridgehead atoms. The van der Waals surface area contributed by atoms with Crippen LogP contribution in [-0.4, -0.2) is 44.8 Å². The standard InChI is InChI=1S/C7H16O4/c1-3-5(9)7(11)6(10)4(2)8/h4-11H,3H2,1-2H3/t4-,5-,6-,7-/m1/s1. The van der Waals surface area contributed by atoms with Crippen LogP contribution in [0.15, 0.2) is 0 Å². The highest BCUT2D eigenvalue weighted by molar-refractivity contribution is 4.77. The van der Waals surface area contributed by atoms with Gasteiger partial charge in [0.1, 0.15) is 12.2 Å². The molecule has 0 fully saturated rings. The molecule has 4 atom stereocenters. The Hall–Kier alpha value is -0.160. The first-order valence-corrected chi connectivity index (χ1v) is 3.73. The minimum absolute atomic E-state index is 0.352. The molecule has 0 saturated carbocycles. The second-order valence-electron chi connectivity index (χ2n) is 2.70. The Bertz CT molecular complexity index is 105. The molecule has 0 aliphatic carbocycles. The van der Waals surface area contributed by atoms with E-state index in [0.29, 0.717) is 6.42 Å². The molecule has 0 radical (unpaired) electrons. The smallest absolute Gasteiger partial charge is 0.108 e. The Labute approximate surface area is 66.1 Å². The van der Waals surface area contributed by atoms with Gasteiger partial charge in [-0.05, 0) is 13.3 Å². The number of aliphatic hydroxyl groups excluding tert-OH is 4. The highest BCUT2D eigenvalue weighted by atomic mass is 16.4. The molecule has 4 nitrogen and oxygen atoms in total. The summed E-state index contributed by atoms with van der Waals surface area (Å²) in [4.78, 5) is 0. The largest absolute Gasteiger partial charge is 0.391 e. The van der Waals surface area contributed by atoms with Gasteiger partial charge in [0.15, 0.2) is 0 Å². The van der Waals surface area contributed by atoms with Crippen LogP contribution in [0.4, 0.5) is 0 Å². The van der Waals surface area contributed by atoms with Crippen LogP contribution in [0.25, 0.3) is 0 Å². The van der Waals surface area contributed by atoms with Crippen LogP contribution in [-0.2, 0) is 0 Å². The minimum atomic E-state index is -1.27. The molecule has 0 amide bonds. The third-order valence-corrected chi connectivity index (χ3v) is 1.66. The molecule has 4 N–H and O–H groups in total. The number of aliphatic hydroxyl groups is 4. The zero-order chi connectivity index (χ0) is 9.02. The van der Waals surface area contributed by atoms with Crippen LogP contribution in [0.2, 0.25) is 0 Å². The molecule has 0 unspecified atom stereocenters. The van der Waals surface area contributed by atoms with E-state index in [1.54, 1.807) is 6.92 Å². The molecule has 0 rings (SSSR count). The molecular formula is C7H16O4. The fraction of sp³-hybridized carbons (Fsp3) is 1.00. The molecular weight excluding hydrogens is 148 g/mol. The van der Waals surface area contributed by atoms with Crippen molar-refractivity contribution in [3.05, 3.63) is 0 Å². The van der Waals surface area contributed by atoms with E-state index >= 15 is 0 Å². The maximum atomic E-state index is 9.10. The van der Waals surface area contributed by atoms with E-state index in [9.17, 15) is 0 Å². The lowest BCUT2D eigenvalue weighted by Crippen LogP contribution is -2.42. The molecule has 11 heavy (non-hydrogen) atoms. The Morgan fingerprint density at radius 1 is 1.00 bits per heavy atom. The normalized spacial score (nSPS) is 22.4. The number of hydrogen-bond donors (Lipinski definition) is 4. The molecule has 0 aliphatic heterocycles. The van der Waals surface area contributed by atoms with E-state index in [4.69, 9.17) is 20.4 Å². The fourth-order valence-corrected chi connectivity index (χ4v) is 0.754. The highest BCUT2D eigenvalue weighted by Crippen LogP contribution is 2.06. The van der Waals surface area contributed by atoms with Gasteiger partial charge in [0.2, 0.25) is 0 Å². The van der Waals surface area contributed by atoms with Crippen molar-refractivity contribution in [2.75, 3.05) is 0 Å². The van der Waals surface area contributed by atoms with Crippen LogP contribution >= 0.6 is 0 Å². The lowest BCUT2D eigenvalue weighted by molar-refractivity contribution is -0.100. The Morgan fingerprint density at radius 2 is 1.45 bits per heavy atom. The van der Waals surface area contributed by atoms with Crippen molar-refractivity contribution in [1.29, 1.82) is 0 Å². The van der Waals surface area contributed by atoms with Crippen LogP contribution in [0.3, 0.4) is 0 Å². The van der Waals surface area contributed by atoms with Gasteiger partial charge in [-0.25, -0.2) is 0 Å². The maximum Gasteiger partial charge on any atom is 0.108 e. The first kappa shape index (κ1) is 10.8. The number of rotatable bonds is 4. The van der Waals surface area contributed by atoms with Crippen molar-refractivity contribution in [3.63, 3.8) is 0 Å². The predicted molar refractivity (Wildman–Crippen MR) is 40.0 cm³/mol. The molecule has 68 valence electrons. The Kier molecular flexibility index (Phi) is 4.60. The maximum absolute atomic E-state index is 9.10. The summed E-state index contributed by atoms with van der Waals surface area (Å²) in [6.45, 7) is 3.04. The van der Waals surface area contributed by atoms with Crippen LogP contribution < -0.4 is 0 Å². The zero-order valence-corrected chi connectivity index (χ0v) is 6.81. The third kappa shape index (κ3) is 3.16. The molecule has 0 saturated heterocycles. The average molecular weight is 164 g/mol. The summed E-state index contributed by atoms with van der Waals surface area (Å²) in [5.41, 5.74) is 0. The van der Waals surface area contributed by atoms with Gasteiger partial charge in [-0.1, -0.05) is 6.92 Å². The van der Waals surface area contributed by atoms with Crippen molar-refractivity contribution < 1.29 is 20.4 Å². The van der Waals surface area contributed by atoms with E-state index in [2.05, 4.69) is 0 Å². The summed E-state index contributed by atoms with van der Waals surface area (Å²) in [6, 6.07) is 0. The van der Waals surface area contributed by atoms with Gasteiger partial charge in [-0.3, -0.25) is 0 Å². The Balaban J connectivity index is 3.90. The van der Waals surface area contributed by atoms with Gasteiger partial charge < -0.3 is 20.4 Å². The molecule has 4 heteroatoms. The monoisotopic (exact) mass is 164 g/mol. The van der Waals surface area contributed by atoms with Crippen LogP contribution in [0, 0.1) is 0 Å². The predicted octanol–water partition coefficient (Wildman–Crippen LogP) is -1.14. The van der Waals surface area contributed by atoms with Crippen molar-refractivity contribution in [3.8, 4) is 0 Å². The molecule has 0 aliphatic rings. The minimum Gasteiger partial charge on any atom is -0.391 e. The lowest BCUT2D eigenvalue weighted by Gasteiger charge is -2.23. The SMILES string of the molecule is CC[C@@H](O)[C@@H](O)[C@H](O)[C@@H](C)O. The van der Waals surface area contributed by atoms with Crippen molar-refractivity contribution in [1.82, 2.24) is 0 Å². The van der Waals surface area contributed by atoms with Gasteiger partial charge in [0.05, 0.1) is 12.2 Å². The molecule has 0 aromatic heterocycles. The summed E-state index contributed by atoms with van der Waals surface area (Å²) < 4.78 is 0. The van der Waals surface area contributed by atoms with Crippen LogP contribution in [0.1, 0.15) is 20.3 Å². The summed E-state index contributed by atoms with van der Waals surface area (Å²) in [6.07, 6.45) is -4.18. The highest BCUT2D eigenvalue weighted by Gasteiger charge is 2.26. The topological polar surface area (TPSA) is 80.9 Å². The first-order valence-electron chi connectivity index (χ1n) is 3.73. The van der Waals surface area contributed by atoms with Crippen LogP contribution in [0.5, 0.6) is 0 Å². The summed E-state index contributed by atoms with van der Waals surface area (Å²) >= 11 is 0. The summed E-state index contributed by atoms with van der Waals surface area (Å²) in [5, 5.41) is 36.0. The Morgan fingerprint density at radius 3 is 1.73 bits per heavy atom. The van der Waals surface area contributed by atoms with E-state index in [1.165, 1.54) is 6.92 Å². The third-order valence-electron chi connectivity index (χ3n) is 1.66. The second-order valence-corrected chi connectivity index (χ2v) is 2.70. The van der Waals surface area contributed by atoms with Crippen molar-refractivity contribution in [2.24, 2.45) is 0 Å². The van der Waals surface area contributed by atoms with E-state index in [1.807, 2.05) is 0 Å². The van der Waals surface area contributed by atoms with Crippen molar-refractivity contribution >= 4 is 0 Å². The van der Waals surface area contributed by atoms with E-state index in [0.717, 1.165) is 0 Å². The van der Waals surface area contributed by atoms with Gasteiger partial charge in [0.25, 0.3) is 0 Å². The van der Waals surface area contributed by atoms with Gasteiger partial charge in [-0.15, -0.1) is 0 Å².